The Bertz CT molecular complexity index is 698. The molecule has 1 heterocycles. The number of rotatable bonds is 2. The molecule has 3 rings (SSSR count). The minimum absolute atomic E-state index is 0. The van der Waals surface area contributed by atoms with Gasteiger partial charge in [-0.05, 0) is 30.5 Å². The first-order chi connectivity index (χ1) is 9.52. The van der Waals surface area contributed by atoms with Crippen molar-refractivity contribution in [3.05, 3.63) is 58.8 Å². The van der Waals surface area contributed by atoms with Gasteiger partial charge in [-0.15, -0.1) is 34.9 Å². The van der Waals surface area contributed by atoms with Gasteiger partial charge in [0.2, 0.25) is 0 Å². The molecule has 2 heteroatoms. The number of pyridine rings is 1. The quantitative estimate of drug-likeness (QED) is 0.586. The van der Waals surface area contributed by atoms with Crippen LogP contribution in [0.3, 0.4) is 0 Å². The summed E-state index contributed by atoms with van der Waals surface area (Å²) in [4.78, 5) is 4.46. The fraction of sp³-hybridized carbons (Fsp3) is 0.316. The molecule has 2 aromatic rings. The van der Waals surface area contributed by atoms with E-state index in [-0.39, 0.29) is 25.5 Å². The molecule has 0 aliphatic heterocycles. The minimum Gasteiger partial charge on any atom is -0.305 e. The van der Waals surface area contributed by atoms with Crippen LogP contribution < -0.4 is 0 Å². The van der Waals surface area contributed by atoms with Crippen molar-refractivity contribution in [2.75, 3.05) is 0 Å². The molecule has 1 aromatic carbocycles. The molecular weight excluding hydrogens is 434 g/mol. The molecule has 1 aliphatic carbocycles. The van der Waals surface area contributed by atoms with Crippen molar-refractivity contribution in [1.29, 1.82) is 0 Å². The maximum atomic E-state index is 4.46. The topological polar surface area (TPSA) is 12.9 Å². The van der Waals surface area contributed by atoms with Gasteiger partial charge in [-0.2, -0.15) is 0 Å². The third-order valence-corrected chi connectivity index (χ3v) is 4.36. The number of nitrogens with zero attached hydrogens (tertiary/aromatic N) is 1. The van der Waals surface area contributed by atoms with Crippen LogP contribution in [-0.2, 0) is 25.5 Å². The van der Waals surface area contributed by atoms with Crippen LogP contribution in [0.4, 0.5) is 0 Å². The SMILES string of the molecule is CCC1=Cc2cc(-c3cc(C)ccn3)[c-]cc2C1(C)C.[Ir]. The predicted octanol–water partition coefficient (Wildman–Crippen LogP) is 4.94. The summed E-state index contributed by atoms with van der Waals surface area (Å²) < 4.78 is 0. The Labute approximate surface area is 140 Å². The molecule has 1 nitrogen and oxygen atoms in total. The number of aromatic nitrogens is 1. The Morgan fingerprint density at radius 3 is 2.67 bits per heavy atom. The molecule has 0 N–H and O–H groups in total. The zero-order valence-corrected chi connectivity index (χ0v) is 15.3. The number of aryl methyl sites for hydroxylation is 1. The molecule has 0 unspecified atom stereocenters. The van der Waals surface area contributed by atoms with Crippen LogP contribution in [0, 0.1) is 13.0 Å². The third-order valence-electron chi connectivity index (χ3n) is 4.36. The second-order valence-corrected chi connectivity index (χ2v) is 6.08. The molecule has 0 bridgehead atoms. The van der Waals surface area contributed by atoms with E-state index < -0.39 is 0 Å². The van der Waals surface area contributed by atoms with Gasteiger partial charge in [-0.1, -0.05) is 44.1 Å². The molecule has 0 spiro atoms. The van der Waals surface area contributed by atoms with E-state index in [4.69, 9.17) is 0 Å². The van der Waals surface area contributed by atoms with Crippen LogP contribution in [0.2, 0.25) is 0 Å². The van der Waals surface area contributed by atoms with Crippen LogP contribution in [0.1, 0.15) is 43.9 Å². The second kappa shape index (κ2) is 5.87. The van der Waals surface area contributed by atoms with Crippen molar-refractivity contribution in [3.63, 3.8) is 0 Å². The Morgan fingerprint density at radius 1 is 1.24 bits per heavy atom. The summed E-state index contributed by atoms with van der Waals surface area (Å²) in [6.45, 7) is 8.92. The molecule has 1 aromatic heterocycles. The molecule has 0 fully saturated rings. The summed E-state index contributed by atoms with van der Waals surface area (Å²) in [5.41, 5.74) is 7.65. The smallest absolute Gasteiger partial charge is 0.0163 e. The van der Waals surface area contributed by atoms with E-state index in [1.54, 1.807) is 0 Å². The van der Waals surface area contributed by atoms with Gasteiger partial charge in [0, 0.05) is 26.3 Å². The summed E-state index contributed by atoms with van der Waals surface area (Å²) in [5.74, 6) is 0. The number of fused-ring (bicyclic) bond motifs is 1. The average molecular weight is 455 g/mol. The van der Waals surface area contributed by atoms with E-state index in [0.717, 1.165) is 17.7 Å². The Balaban J connectivity index is 0.00000161. The molecule has 1 aliphatic rings. The molecule has 0 saturated heterocycles. The first-order valence-electron chi connectivity index (χ1n) is 7.22. The van der Waals surface area contributed by atoms with Crippen LogP contribution in [-0.4, -0.2) is 4.98 Å². The van der Waals surface area contributed by atoms with E-state index in [1.807, 2.05) is 12.3 Å². The monoisotopic (exact) mass is 455 g/mol. The van der Waals surface area contributed by atoms with E-state index in [9.17, 15) is 0 Å². The zero-order chi connectivity index (χ0) is 14.3. The largest absolute Gasteiger partial charge is 0.305 e. The average Bonchev–Trinajstić information content (AvgIpc) is 2.69. The zero-order valence-electron chi connectivity index (χ0n) is 13.0. The second-order valence-electron chi connectivity index (χ2n) is 6.08. The van der Waals surface area contributed by atoms with Crippen molar-refractivity contribution < 1.29 is 20.1 Å². The van der Waals surface area contributed by atoms with Gasteiger partial charge >= 0.3 is 0 Å². The van der Waals surface area contributed by atoms with Crippen molar-refractivity contribution in [2.24, 2.45) is 0 Å². The van der Waals surface area contributed by atoms with E-state index >= 15 is 0 Å². The molecule has 0 saturated carbocycles. The van der Waals surface area contributed by atoms with Crippen LogP contribution >= 0.6 is 0 Å². The van der Waals surface area contributed by atoms with Crippen molar-refractivity contribution in [3.8, 4) is 11.3 Å². The molecule has 21 heavy (non-hydrogen) atoms. The van der Waals surface area contributed by atoms with E-state index in [2.05, 4.69) is 63.0 Å². The number of allylic oxidation sites excluding steroid dienone is 1. The first-order valence-corrected chi connectivity index (χ1v) is 7.22. The number of hydrogen-bond acceptors (Lipinski definition) is 1. The summed E-state index contributed by atoms with van der Waals surface area (Å²) in [5, 5.41) is 0. The third kappa shape index (κ3) is 2.75. The fourth-order valence-corrected chi connectivity index (χ4v) is 3.09. The van der Waals surface area contributed by atoms with E-state index in [0.29, 0.717) is 0 Å². The Morgan fingerprint density at radius 2 is 2.00 bits per heavy atom. The molecule has 111 valence electrons. The number of benzene rings is 1. The van der Waals surface area contributed by atoms with Crippen molar-refractivity contribution in [2.45, 2.75) is 39.5 Å². The summed E-state index contributed by atoms with van der Waals surface area (Å²) >= 11 is 0. The fourth-order valence-electron chi connectivity index (χ4n) is 3.09. The molecule has 1 radical (unpaired) electrons. The molecule has 0 atom stereocenters. The van der Waals surface area contributed by atoms with Gasteiger partial charge < -0.3 is 4.98 Å². The van der Waals surface area contributed by atoms with Gasteiger partial charge in [0.25, 0.3) is 0 Å². The Hall–Kier alpha value is -1.24. The first kappa shape index (κ1) is 16.1. The molecule has 0 amide bonds. The van der Waals surface area contributed by atoms with Crippen molar-refractivity contribution >= 4 is 6.08 Å². The summed E-state index contributed by atoms with van der Waals surface area (Å²) in [7, 11) is 0. The maximum absolute atomic E-state index is 4.46. The van der Waals surface area contributed by atoms with Crippen LogP contribution in [0.15, 0.2) is 36.0 Å². The normalized spacial score (nSPS) is 15.1. The summed E-state index contributed by atoms with van der Waals surface area (Å²) in [6.07, 6.45) is 5.30. The number of hydrogen-bond donors (Lipinski definition) is 0. The van der Waals surface area contributed by atoms with Gasteiger partial charge in [0.05, 0.1) is 0 Å². The van der Waals surface area contributed by atoms with E-state index in [1.165, 1.54) is 22.3 Å². The Kier molecular flexibility index (Phi) is 4.51. The van der Waals surface area contributed by atoms with Gasteiger partial charge in [0.15, 0.2) is 0 Å². The van der Waals surface area contributed by atoms with Gasteiger partial charge in [-0.3, -0.25) is 0 Å². The van der Waals surface area contributed by atoms with Crippen LogP contribution in [0.25, 0.3) is 17.3 Å². The van der Waals surface area contributed by atoms with Crippen LogP contribution in [0.5, 0.6) is 0 Å². The van der Waals surface area contributed by atoms with Gasteiger partial charge in [0.1, 0.15) is 0 Å². The standard InChI is InChI=1S/C19H20N.Ir/c1-5-16-12-15-11-14(6-7-17(15)19(16,3)4)18-10-13(2)8-9-20-18;/h7-12H,5H2,1-4H3;/q-1;. The molecular formula is C19H20IrN-. The minimum atomic E-state index is 0. The van der Waals surface area contributed by atoms with Gasteiger partial charge in [-0.25, -0.2) is 0 Å². The predicted molar refractivity (Wildman–Crippen MR) is 84.5 cm³/mol. The maximum Gasteiger partial charge on any atom is 0.0163 e. The van der Waals surface area contributed by atoms with Crippen molar-refractivity contribution in [1.82, 2.24) is 4.98 Å². The summed E-state index contributed by atoms with van der Waals surface area (Å²) in [6, 6.07) is 11.9.